The largest absolute Gasteiger partial charge is 0.324 e. The van der Waals surface area contributed by atoms with E-state index >= 15 is 0 Å². The molecule has 6 heteroatoms. The van der Waals surface area contributed by atoms with E-state index in [1.54, 1.807) is 0 Å². The van der Waals surface area contributed by atoms with E-state index in [1.807, 2.05) is 48.9 Å². The van der Waals surface area contributed by atoms with Gasteiger partial charge in [0.15, 0.2) is 0 Å². The molecular formula is C20H19F2N3O. The van der Waals surface area contributed by atoms with E-state index in [1.165, 1.54) is 6.07 Å². The van der Waals surface area contributed by atoms with Crippen molar-refractivity contribution < 1.29 is 13.6 Å². The second kappa shape index (κ2) is 7.47. The molecule has 1 heterocycles. The number of aromatic nitrogens is 2. The van der Waals surface area contributed by atoms with Gasteiger partial charge < -0.3 is 5.32 Å². The Morgan fingerprint density at radius 3 is 2.42 bits per heavy atom. The molecular weight excluding hydrogens is 336 g/mol. The van der Waals surface area contributed by atoms with Crippen molar-refractivity contribution in [2.24, 2.45) is 0 Å². The van der Waals surface area contributed by atoms with Gasteiger partial charge in [-0.05, 0) is 56.2 Å². The van der Waals surface area contributed by atoms with Crippen LogP contribution in [-0.4, -0.2) is 15.7 Å². The Morgan fingerprint density at radius 1 is 1.08 bits per heavy atom. The van der Waals surface area contributed by atoms with E-state index < -0.39 is 11.6 Å². The first-order valence-electron chi connectivity index (χ1n) is 8.30. The fourth-order valence-electron chi connectivity index (χ4n) is 2.76. The molecule has 0 spiro atoms. The Kier molecular flexibility index (Phi) is 5.11. The maximum absolute atomic E-state index is 13.6. The van der Waals surface area contributed by atoms with E-state index in [2.05, 4.69) is 10.4 Å². The van der Waals surface area contributed by atoms with Gasteiger partial charge in [0, 0.05) is 18.2 Å². The molecule has 0 atom stereocenters. The van der Waals surface area contributed by atoms with Crippen molar-refractivity contribution in [1.82, 2.24) is 9.78 Å². The van der Waals surface area contributed by atoms with E-state index in [0.29, 0.717) is 6.42 Å². The number of rotatable bonds is 5. The van der Waals surface area contributed by atoms with E-state index in [4.69, 9.17) is 0 Å². The van der Waals surface area contributed by atoms with Crippen LogP contribution in [0, 0.1) is 25.5 Å². The molecule has 0 saturated carbocycles. The molecule has 26 heavy (non-hydrogen) atoms. The van der Waals surface area contributed by atoms with Crippen LogP contribution < -0.4 is 5.32 Å². The summed E-state index contributed by atoms with van der Waals surface area (Å²) in [6, 6.07) is 12.9. The van der Waals surface area contributed by atoms with Crippen molar-refractivity contribution in [3.8, 4) is 5.69 Å². The van der Waals surface area contributed by atoms with Gasteiger partial charge in [-0.25, -0.2) is 13.5 Å². The van der Waals surface area contributed by atoms with Crippen LogP contribution in [0.3, 0.4) is 0 Å². The first-order chi connectivity index (χ1) is 12.4. The fourth-order valence-corrected chi connectivity index (χ4v) is 2.76. The zero-order chi connectivity index (χ0) is 18.7. The number of aryl methyl sites for hydroxylation is 3. The Balaban J connectivity index is 1.59. The van der Waals surface area contributed by atoms with Crippen LogP contribution in [0.25, 0.3) is 5.69 Å². The molecule has 4 nitrogen and oxygen atoms in total. The molecule has 0 aliphatic rings. The average molecular weight is 355 g/mol. The van der Waals surface area contributed by atoms with Crippen LogP contribution in [0.15, 0.2) is 48.5 Å². The molecule has 3 rings (SSSR count). The van der Waals surface area contributed by atoms with Crippen LogP contribution >= 0.6 is 0 Å². The standard InChI is InChI=1S/C20H19F2N3O/c1-13-11-14(2)25(24-13)17-7-3-15(4-8-17)5-10-20(26)23-19-9-6-16(21)12-18(19)22/h3-4,6-9,11-12H,5,10H2,1-2H3,(H,23,26). The smallest absolute Gasteiger partial charge is 0.224 e. The number of carbonyl (C=O) groups excluding carboxylic acids is 1. The van der Waals surface area contributed by atoms with Gasteiger partial charge in [-0.3, -0.25) is 4.79 Å². The van der Waals surface area contributed by atoms with Crippen LogP contribution in [-0.2, 0) is 11.2 Å². The summed E-state index contributed by atoms with van der Waals surface area (Å²) in [5.41, 5.74) is 3.94. The molecule has 3 aromatic rings. The summed E-state index contributed by atoms with van der Waals surface area (Å²) in [6.45, 7) is 3.94. The van der Waals surface area contributed by atoms with E-state index in [-0.39, 0.29) is 18.0 Å². The normalized spacial score (nSPS) is 10.8. The molecule has 1 aromatic heterocycles. The zero-order valence-corrected chi connectivity index (χ0v) is 14.6. The third-order valence-electron chi connectivity index (χ3n) is 4.04. The first-order valence-corrected chi connectivity index (χ1v) is 8.30. The highest BCUT2D eigenvalue weighted by Gasteiger charge is 2.09. The van der Waals surface area contributed by atoms with Crippen LogP contribution in [0.5, 0.6) is 0 Å². The number of hydrogen-bond acceptors (Lipinski definition) is 2. The molecule has 0 aliphatic carbocycles. The molecule has 0 radical (unpaired) electrons. The molecule has 134 valence electrons. The van der Waals surface area contributed by atoms with E-state index in [0.717, 1.165) is 34.8 Å². The number of benzene rings is 2. The highest BCUT2D eigenvalue weighted by molar-refractivity contribution is 5.90. The second-order valence-electron chi connectivity index (χ2n) is 6.18. The Labute approximate surface area is 150 Å². The van der Waals surface area contributed by atoms with Crippen molar-refractivity contribution in [3.05, 3.63) is 77.1 Å². The van der Waals surface area contributed by atoms with Crippen LogP contribution in [0.1, 0.15) is 23.4 Å². The highest BCUT2D eigenvalue weighted by atomic mass is 19.1. The second-order valence-corrected chi connectivity index (χ2v) is 6.18. The quantitative estimate of drug-likeness (QED) is 0.740. The molecule has 1 N–H and O–H groups in total. The molecule has 0 saturated heterocycles. The highest BCUT2D eigenvalue weighted by Crippen LogP contribution is 2.17. The summed E-state index contributed by atoms with van der Waals surface area (Å²) < 4.78 is 28.3. The molecule has 0 aliphatic heterocycles. The van der Waals surface area contributed by atoms with Crippen molar-refractivity contribution in [2.75, 3.05) is 5.32 Å². The van der Waals surface area contributed by atoms with Gasteiger partial charge in [0.1, 0.15) is 11.6 Å². The summed E-state index contributed by atoms with van der Waals surface area (Å²) >= 11 is 0. The van der Waals surface area contributed by atoms with Gasteiger partial charge >= 0.3 is 0 Å². The molecule has 0 fully saturated rings. The summed E-state index contributed by atoms with van der Waals surface area (Å²) in [6.07, 6.45) is 0.724. The minimum Gasteiger partial charge on any atom is -0.324 e. The number of halogens is 2. The number of nitrogens with one attached hydrogen (secondary N) is 1. The van der Waals surface area contributed by atoms with E-state index in [9.17, 15) is 13.6 Å². The van der Waals surface area contributed by atoms with Gasteiger partial charge in [0.2, 0.25) is 5.91 Å². The summed E-state index contributed by atoms with van der Waals surface area (Å²) in [5, 5.41) is 6.90. The maximum atomic E-state index is 13.6. The van der Waals surface area contributed by atoms with Gasteiger partial charge in [0.05, 0.1) is 17.1 Å². The third-order valence-corrected chi connectivity index (χ3v) is 4.04. The lowest BCUT2D eigenvalue weighted by atomic mass is 10.1. The van der Waals surface area contributed by atoms with Gasteiger partial charge in [0.25, 0.3) is 0 Å². The number of amides is 1. The zero-order valence-electron chi connectivity index (χ0n) is 14.6. The summed E-state index contributed by atoms with van der Waals surface area (Å²) in [4.78, 5) is 12.0. The maximum Gasteiger partial charge on any atom is 0.224 e. The first kappa shape index (κ1) is 17.8. The van der Waals surface area contributed by atoms with Crippen molar-refractivity contribution in [3.63, 3.8) is 0 Å². The predicted octanol–water partition coefficient (Wildman–Crippen LogP) is 4.34. The summed E-state index contributed by atoms with van der Waals surface area (Å²) in [5.74, 6) is -1.78. The van der Waals surface area contributed by atoms with Crippen molar-refractivity contribution >= 4 is 11.6 Å². The SMILES string of the molecule is Cc1cc(C)n(-c2ccc(CCC(=O)Nc3ccc(F)cc3F)cc2)n1. The number of carbonyl (C=O) groups is 1. The van der Waals surface area contributed by atoms with Crippen molar-refractivity contribution in [2.45, 2.75) is 26.7 Å². The number of hydrogen-bond donors (Lipinski definition) is 1. The lowest BCUT2D eigenvalue weighted by Gasteiger charge is -2.08. The molecule has 0 bridgehead atoms. The summed E-state index contributed by atoms with van der Waals surface area (Å²) in [7, 11) is 0. The van der Waals surface area contributed by atoms with Gasteiger partial charge in [-0.15, -0.1) is 0 Å². The Morgan fingerprint density at radius 2 is 1.81 bits per heavy atom. The van der Waals surface area contributed by atoms with Crippen LogP contribution in [0.4, 0.5) is 14.5 Å². The lowest BCUT2D eigenvalue weighted by molar-refractivity contribution is -0.116. The number of anilines is 1. The van der Waals surface area contributed by atoms with Crippen molar-refractivity contribution in [1.29, 1.82) is 0 Å². The predicted molar refractivity (Wildman–Crippen MR) is 96.3 cm³/mol. The topological polar surface area (TPSA) is 46.9 Å². The average Bonchev–Trinajstić information content (AvgIpc) is 2.94. The monoisotopic (exact) mass is 355 g/mol. The third kappa shape index (κ3) is 4.14. The minimum absolute atomic E-state index is 0.0173. The van der Waals surface area contributed by atoms with Gasteiger partial charge in [-0.1, -0.05) is 12.1 Å². The fraction of sp³-hybridized carbons (Fsp3) is 0.200. The lowest BCUT2D eigenvalue weighted by Crippen LogP contribution is -2.13. The van der Waals surface area contributed by atoms with Crippen LogP contribution in [0.2, 0.25) is 0 Å². The Hall–Kier alpha value is -3.02. The molecule has 2 aromatic carbocycles. The Bertz CT molecular complexity index is 933. The minimum atomic E-state index is -0.785. The van der Waals surface area contributed by atoms with Gasteiger partial charge in [-0.2, -0.15) is 5.10 Å². The molecule has 0 unspecified atom stereocenters. The number of nitrogens with zero attached hydrogens (tertiary/aromatic N) is 2. The molecule has 1 amide bonds.